The first kappa shape index (κ1) is 12.0. The Morgan fingerprint density at radius 1 is 1.35 bits per heavy atom. The van der Waals surface area contributed by atoms with E-state index < -0.39 is 5.97 Å². The number of carboxylic acids is 1. The van der Waals surface area contributed by atoms with Crippen LogP contribution in [-0.4, -0.2) is 24.3 Å². The Labute approximate surface area is 107 Å². The number of carbonyl (C=O) groups is 1. The van der Waals surface area contributed by atoms with Crippen LogP contribution in [0.1, 0.15) is 12.0 Å². The van der Waals surface area contributed by atoms with Gasteiger partial charge in [-0.25, -0.2) is 4.79 Å². The van der Waals surface area contributed by atoms with Crippen LogP contribution in [0.4, 0.5) is 0 Å². The van der Waals surface area contributed by atoms with Crippen molar-refractivity contribution in [1.29, 1.82) is 0 Å². The Morgan fingerprint density at radius 2 is 2.12 bits per heavy atom. The van der Waals surface area contributed by atoms with E-state index in [-0.39, 0.29) is 0 Å². The number of benzene rings is 1. The summed E-state index contributed by atoms with van der Waals surface area (Å²) in [5.74, 6) is 0.338. The lowest BCUT2D eigenvalue weighted by atomic mass is 10.2. The highest BCUT2D eigenvalue weighted by atomic mass is 79.9. The summed E-state index contributed by atoms with van der Waals surface area (Å²) in [7, 11) is 0. The molecule has 0 fully saturated rings. The lowest BCUT2D eigenvalue weighted by molar-refractivity contribution is -0.131. The van der Waals surface area contributed by atoms with Gasteiger partial charge in [-0.15, -0.1) is 0 Å². The van der Waals surface area contributed by atoms with Gasteiger partial charge >= 0.3 is 5.97 Å². The van der Waals surface area contributed by atoms with Crippen molar-refractivity contribution in [3.8, 4) is 11.5 Å². The summed E-state index contributed by atoms with van der Waals surface area (Å²) >= 11 is 3.39. The molecule has 1 heterocycles. The van der Waals surface area contributed by atoms with Gasteiger partial charge in [-0.3, -0.25) is 0 Å². The maximum Gasteiger partial charge on any atom is 0.328 e. The molecular formula is C12H11BrO4. The van der Waals surface area contributed by atoms with Crippen molar-refractivity contribution < 1.29 is 19.4 Å². The SMILES string of the molecule is O=C(O)/C=C/c1cc(Br)c2c(c1)OCCCO2. The van der Waals surface area contributed by atoms with E-state index in [4.69, 9.17) is 14.6 Å². The Bertz CT molecular complexity index is 468. The van der Waals surface area contributed by atoms with Gasteiger partial charge in [0.25, 0.3) is 0 Å². The number of hydrogen-bond donors (Lipinski definition) is 1. The molecule has 1 aliphatic rings. The molecule has 0 spiro atoms. The van der Waals surface area contributed by atoms with E-state index in [1.54, 1.807) is 12.1 Å². The lowest BCUT2D eigenvalue weighted by Crippen LogP contribution is -1.97. The van der Waals surface area contributed by atoms with Crippen molar-refractivity contribution in [3.05, 3.63) is 28.2 Å². The predicted octanol–water partition coefficient (Wildman–Crippen LogP) is 2.71. The van der Waals surface area contributed by atoms with E-state index in [0.717, 1.165) is 22.5 Å². The van der Waals surface area contributed by atoms with Crippen molar-refractivity contribution in [1.82, 2.24) is 0 Å². The third kappa shape index (κ3) is 3.00. The number of fused-ring (bicyclic) bond motifs is 1. The molecule has 0 aliphatic carbocycles. The van der Waals surface area contributed by atoms with Crippen LogP contribution in [0.2, 0.25) is 0 Å². The van der Waals surface area contributed by atoms with E-state index in [9.17, 15) is 4.79 Å². The van der Waals surface area contributed by atoms with Crippen LogP contribution < -0.4 is 9.47 Å². The van der Waals surface area contributed by atoms with E-state index in [2.05, 4.69) is 15.9 Å². The topological polar surface area (TPSA) is 55.8 Å². The number of ether oxygens (including phenoxy) is 2. The first-order chi connectivity index (χ1) is 8.16. The van der Waals surface area contributed by atoms with Gasteiger partial charge in [-0.1, -0.05) is 0 Å². The van der Waals surface area contributed by atoms with Gasteiger partial charge in [0.1, 0.15) is 0 Å². The molecule has 2 rings (SSSR count). The molecule has 0 saturated heterocycles. The normalized spacial score (nSPS) is 14.6. The summed E-state index contributed by atoms with van der Waals surface area (Å²) in [6, 6.07) is 3.57. The average Bonchev–Trinajstić information content (AvgIpc) is 2.51. The average molecular weight is 299 g/mol. The van der Waals surface area contributed by atoms with Gasteiger partial charge in [0.2, 0.25) is 0 Å². The van der Waals surface area contributed by atoms with Crippen LogP contribution in [0, 0.1) is 0 Å². The molecule has 0 saturated carbocycles. The molecule has 0 radical (unpaired) electrons. The first-order valence-corrected chi connectivity index (χ1v) is 5.96. The Morgan fingerprint density at radius 3 is 2.88 bits per heavy atom. The minimum atomic E-state index is -0.978. The summed E-state index contributed by atoms with van der Waals surface area (Å²) < 4.78 is 11.9. The fourth-order valence-corrected chi connectivity index (χ4v) is 2.09. The smallest absolute Gasteiger partial charge is 0.328 e. The number of hydrogen-bond acceptors (Lipinski definition) is 3. The molecule has 5 heteroatoms. The fraction of sp³-hybridized carbons (Fsp3) is 0.250. The molecule has 4 nitrogen and oxygen atoms in total. The molecule has 0 amide bonds. The molecule has 1 aromatic carbocycles. The largest absolute Gasteiger partial charge is 0.489 e. The highest BCUT2D eigenvalue weighted by Gasteiger charge is 2.14. The summed E-state index contributed by atoms with van der Waals surface area (Å²) in [4.78, 5) is 10.4. The maximum atomic E-state index is 10.4. The summed E-state index contributed by atoms with van der Waals surface area (Å²) in [5.41, 5.74) is 0.753. The van der Waals surface area contributed by atoms with Crippen molar-refractivity contribution in [2.45, 2.75) is 6.42 Å². The Hall–Kier alpha value is -1.49. The van der Waals surface area contributed by atoms with Gasteiger partial charge in [-0.2, -0.15) is 0 Å². The number of halogens is 1. The van der Waals surface area contributed by atoms with Crippen LogP contribution in [0.3, 0.4) is 0 Å². The molecule has 1 aliphatic heterocycles. The Balaban J connectivity index is 2.35. The van der Waals surface area contributed by atoms with Gasteiger partial charge in [0.05, 0.1) is 17.7 Å². The lowest BCUT2D eigenvalue weighted by Gasteiger charge is -2.10. The zero-order valence-electron chi connectivity index (χ0n) is 8.98. The Kier molecular flexibility index (Phi) is 3.68. The number of aliphatic carboxylic acids is 1. The van der Waals surface area contributed by atoms with Crippen molar-refractivity contribution >= 4 is 28.0 Å². The predicted molar refractivity (Wildman–Crippen MR) is 66.4 cm³/mol. The molecule has 0 atom stereocenters. The molecule has 0 bridgehead atoms. The van der Waals surface area contributed by atoms with Gasteiger partial charge in [0.15, 0.2) is 11.5 Å². The quantitative estimate of drug-likeness (QED) is 0.853. The minimum absolute atomic E-state index is 0.603. The molecule has 17 heavy (non-hydrogen) atoms. The first-order valence-electron chi connectivity index (χ1n) is 5.17. The third-order valence-corrected chi connectivity index (χ3v) is 2.83. The summed E-state index contributed by atoms with van der Waals surface area (Å²) in [6.45, 7) is 1.22. The van der Waals surface area contributed by atoms with Gasteiger partial charge in [-0.05, 0) is 39.7 Å². The molecule has 0 aromatic heterocycles. The van der Waals surface area contributed by atoms with Crippen LogP contribution in [0.5, 0.6) is 11.5 Å². The zero-order chi connectivity index (χ0) is 12.3. The molecule has 90 valence electrons. The number of carboxylic acid groups (broad SMARTS) is 1. The summed E-state index contributed by atoms with van der Waals surface area (Å²) in [5, 5.41) is 8.57. The third-order valence-electron chi connectivity index (χ3n) is 2.24. The minimum Gasteiger partial charge on any atom is -0.489 e. The highest BCUT2D eigenvalue weighted by Crippen LogP contribution is 2.38. The molecule has 0 unspecified atom stereocenters. The van der Waals surface area contributed by atoms with Crippen molar-refractivity contribution in [3.63, 3.8) is 0 Å². The second kappa shape index (κ2) is 5.23. The van der Waals surface area contributed by atoms with Gasteiger partial charge in [0, 0.05) is 12.5 Å². The maximum absolute atomic E-state index is 10.4. The van der Waals surface area contributed by atoms with Crippen LogP contribution in [0.25, 0.3) is 6.08 Å². The standard InChI is InChI=1S/C12H11BrO4/c13-9-6-8(2-3-11(14)15)7-10-12(9)17-5-1-4-16-10/h2-3,6-7H,1,4-5H2,(H,14,15)/b3-2+. The molecular weight excluding hydrogens is 288 g/mol. The van der Waals surface area contributed by atoms with E-state index >= 15 is 0 Å². The zero-order valence-corrected chi connectivity index (χ0v) is 10.6. The van der Waals surface area contributed by atoms with Crippen molar-refractivity contribution in [2.75, 3.05) is 13.2 Å². The van der Waals surface area contributed by atoms with E-state index in [0.29, 0.717) is 24.7 Å². The van der Waals surface area contributed by atoms with Crippen LogP contribution in [-0.2, 0) is 4.79 Å². The van der Waals surface area contributed by atoms with Crippen molar-refractivity contribution in [2.24, 2.45) is 0 Å². The second-order valence-electron chi connectivity index (χ2n) is 3.55. The monoisotopic (exact) mass is 298 g/mol. The highest BCUT2D eigenvalue weighted by molar-refractivity contribution is 9.10. The molecule has 1 aromatic rings. The van der Waals surface area contributed by atoms with Gasteiger partial charge < -0.3 is 14.6 Å². The summed E-state index contributed by atoms with van der Waals surface area (Å²) in [6.07, 6.45) is 3.44. The van der Waals surface area contributed by atoms with E-state index in [1.807, 2.05) is 0 Å². The number of rotatable bonds is 2. The second-order valence-corrected chi connectivity index (χ2v) is 4.41. The van der Waals surface area contributed by atoms with Crippen LogP contribution >= 0.6 is 15.9 Å². The fourth-order valence-electron chi connectivity index (χ4n) is 1.51. The molecule has 1 N–H and O–H groups in total. The van der Waals surface area contributed by atoms with E-state index in [1.165, 1.54) is 6.08 Å². The van der Waals surface area contributed by atoms with Crippen LogP contribution in [0.15, 0.2) is 22.7 Å².